The molecule has 0 aromatic carbocycles. The van der Waals surface area contributed by atoms with Crippen molar-refractivity contribution in [1.82, 2.24) is 43.7 Å². The summed E-state index contributed by atoms with van der Waals surface area (Å²) in [5, 5.41) is 0. The van der Waals surface area contributed by atoms with E-state index < -0.39 is 56.3 Å². The average molecular weight is 1120 g/mol. The number of aromatic nitrogens is 9. The van der Waals surface area contributed by atoms with Crippen molar-refractivity contribution in [3.63, 3.8) is 0 Å². The van der Waals surface area contributed by atoms with Crippen LogP contribution in [0.5, 0.6) is 17.6 Å². The lowest BCUT2D eigenvalue weighted by atomic mass is 9.97. The molecule has 0 saturated carbocycles. The largest absolute Gasteiger partial charge is 0.465 e. The van der Waals surface area contributed by atoms with Gasteiger partial charge in [0.15, 0.2) is 31.4 Å². The van der Waals surface area contributed by atoms with Crippen molar-refractivity contribution in [2.75, 3.05) is 52.0 Å². The molecular weight excluding hydrogens is 1090 g/mol. The number of nitrogens with two attached hydrogens (primary N) is 1. The Bertz CT molecular complexity index is 2680. The minimum Gasteiger partial charge on any atom is -0.465 e. The number of fused-ring (bicyclic) bond motifs is 2. The monoisotopic (exact) mass is 1120 g/mol. The molecule has 69 heavy (non-hydrogen) atoms. The van der Waals surface area contributed by atoms with Gasteiger partial charge in [0.1, 0.15) is 20.6 Å². The molecule has 0 radical (unpaired) electrons. The maximum absolute atomic E-state index is 12.9. The molecular formula is C40H37Br2F11N10O6. The third-order valence-corrected chi connectivity index (χ3v) is 10.4. The van der Waals surface area contributed by atoms with Crippen molar-refractivity contribution in [3.05, 3.63) is 86.9 Å². The molecule has 16 nitrogen and oxygen atoms in total. The predicted molar refractivity (Wildman–Crippen MR) is 225 cm³/mol. The Labute approximate surface area is 399 Å². The quantitative estimate of drug-likeness (QED) is 0.0901. The summed E-state index contributed by atoms with van der Waals surface area (Å²) in [5.74, 6) is -1.33. The van der Waals surface area contributed by atoms with Crippen molar-refractivity contribution in [1.29, 1.82) is 0 Å². The van der Waals surface area contributed by atoms with Gasteiger partial charge in [-0.15, -0.1) is 0 Å². The fourth-order valence-electron chi connectivity index (χ4n) is 6.56. The second kappa shape index (κ2) is 22.9. The van der Waals surface area contributed by atoms with Crippen LogP contribution in [-0.4, -0.2) is 114 Å². The number of ketones is 1. The second-order valence-corrected chi connectivity index (χ2v) is 16.5. The van der Waals surface area contributed by atoms with Crippen molar-refractivity contribution in [2.45, 2.75) is 68.9 Å². The van der Waals surface area contributed by atoms with Crippen LogP contribution in [0.15, 0.2) is 58.4 Å². The van der Waals surface area contributed by atoms with Gasteiger partial charge in [-0.3, -0.25) is 9.20 Å². The summed E-state index contributed by atoms with van der Waals surface area (Å²) in [6.45, 7) is -1.98. The van der Waals surface area contributed by atoms with Crippen LogP contribution in [0.2, 0.25) is 0 Å². The number of carbonyl (C=O) groups is 1. The van der Waals surface area contributed by atoms with Crippen molar-refractivity contribution >= 4 is 54.8 Å². The van der Waals surface area contributed by atoms with Crippen molar-refractivity contribution in [3.8, 4) is 17.6 Å². The number of rotatable bonds is 12. The number of nitrogen functional groups attached to an aromatic ring is 1. The van der Waals surface area contributed by atoms with Crippen molar-refractivity contribution < 1.29 is 76.8 Å². The molecule has 374 valence electrons. The number of halogens is 13. The Morgan fingerprint density at radius 3 is 1.65 bits per heavy atom. The summed E-state index contributed by atoms with van der Waals surface area (Å²) >= 11 is 6.09. The zero-order valence-corrected chi connectivity index (χ0v) is 38.5. The zero-order chi connectivity index (χ0) is 50.1. The van der Waals surface area contributed by atoms with E-state index in [9.17, 15) is 53.1 Å². The highest BCUT2D eigenvalue weighted by molar-refractivity contribution is 9.10. The van der Waals surface area contributed by atoms with Gasteiger partial charge in [-0.1, -0.05) is 6.07 Å². The number of anilines is 1. The van der Waals surface area contributed by atoms with Gasteiger partial charge < -0.3 is 33.8 Å². The van der Waals surface area contributed by atoms with Gasteiger partial charge in [-0.25, -0.2) is 43.7 Å². The Hall–Kier alpha value is -5.55. The molecule has 2 saturated heterocycles. The number of alkyl halides is 11. The molecule has 0 spiro atoms. The molecule has 0 unspecified atom stereocenters. The fraction of sp³-hybridized carbons (Fsp3) is 0.450. The van der Waals surface area contributed by atoms with Gasteiger partial charge in [-0.05, 0) is 69.7 Å². The first-order valence-corrected chi connectivity index (χ1v) is 21.8. The van der Waals surface area contributed by atoms with Crippen LogP contribution in [-0.2, 0) is 15.9 Å². The lowest BCUT2D eigenvalue weighted by Gasteiger charge is -2.19. The van der Waals surface area contributed by atoms with Crippen LogP contribution in [0, 0.1) is 0 Å². The number of carbonyl (C=O) groups excluding carboxylic acids is 1. The van der Waals surface area contributed by atoms with Crippen LogP contribution in [0.3, 0.4) is 0 Å². The van der Waals surface area contributed by atoms with E-state index in [1.54, 1.807) is 23.0 Å². The predicted octanol–water partition coefficient (Wildman–Crippen LogP) is 9.41. The molecule has 2 aliphatic heterocycles. The number of hydrogen-bond donors (Lipinski definition) is 1. The van der Waals surface area contributed by atoms with Crippen LogP contribution in [0.25, 0.3) is 11.3 Å². The molecule has 0 amide bonds. The first-order chi connectivity index (χ1) is 32.5. The SMILES string of the molecule is FC(F)(F)COc1nc(Br)cn2cc(C3CCOCC3)nc12.Nc1ncc(Br)nc1OCC(F)(F)F.O=C(Cc1cn2cc(C3CCOCC3)nc2c(OCC(F)(F)F)n1)c1cccc(C(F)F)n1. The molecule has 2 fully saturated rings. The lowest BCUT2D eigenvalue weighted by Crippen LogP contribution is -2.20. The number of imidazole rings is 2. The molecule has 0 bridgehead atoms. The maximum Gasteiger partial charge on any atom is 0.422 e. The van der Waals surface area contributed by atoms with E-state index in [0.717, 1.165) is 24.6 Å². The number of ether oxygens (including phenoxy) is 5. The van der Waals surface area contributed by atoms with Gasteiger partial charge in [0.05, 0.1) is 29.7 Å². The Morgan fingerprint density at radius 1 is 0.667 bits per heavy atom. The highest BCUT2D eigenvalue weighted by Crippen LogP contribution is 2.32. The molecule has 29 heteroatoms. The lowest BCUT2D eigenvalue weighted by molar-refractivity contribution is -0.154. The van der Waals surface area contributed by atoms with Crippen LogP contribution < -0.4 is 19.9 Å². The summed E-state index contributed by atoms with van der Waals surface area (Å²) < 4.78 is 165. The third kappa shape index (κ3) is 16.0. The van der Waals surface area contributed by atoms with E-state index in [-0.39, 0.29) is 69.0 Å². The Balaban J connectivity index is 0.000000187. The number of nitrogens with zero attached hydrogens (tertiary/aromatic N) is 9. The molecule has 0 aliphatic carbocycles. The Morgan fingerprint density at radius 2 is 1.14 bits per heavy atom. The summed E-state index contributed by atoms with van der Waals surface area (Å²) in [7, 11) is 0. The average Bonchev–Trinajstić information content (AvgIpc) is 3.93. The van der Waals surface area contributed by atoms with Gasteiger partial charge in [0.25, 0.3) is 24.1 Å². The van der Waals surface area contributed by atoms with E-state index in [2.05, 4.69) is 71.5 Å². The molecule has 8 rings (SSSR count). The fourth-order valence-corrected chi connectivity index (χ4v) is 7.20. The molecule has 2 aliphatic rings. The number of pyridine rings is 1. The van der Waals surface area contributed by atoms with Gasteiger partial charge in [-0.2, -0.15) is 39.5 Å². The zero-order valence-electron chi connectivity index (χ0n) is 35.3. The maximum atomic E-state index is 12.9. The highest BCUT2D eigenvalue weighted by atomic mass is 79.9. The number of hydrogen-bond acceptors (Lipinski definition) is 14. The molecule has 8 heterocycles. The topological polar surface area (TPSA) is 188 Å². The van der Waals surface area contributed by atoms with Gasteiger partial charge >= 0.3 is 18.5 Å². The Kier molecular flexibility index (Phi) is 17.5. The smallest absolute Gasteiger partial charge is 0.422 e. The summed E-state index contributed by atoms with van der Waals surface area (Å²) in [6.07, 6.45) is -5.70. The third-order valence-electron chi connectivity index (χ3n) is 9.63. The first kappa shape index (κ1) is 52.8. The van der Waals surface area contributed by atoms with E-state index in [1.807, 2.05) is 0 Å². The minimum absolute atomic E-state index is 0.0699. The summed E-state index contributed by atoms with van der Waals surface area (Å²) in [5.41, 5.74) is 6.44. The normalized spacial score (nSPS) is 15.1. The van der Waals surface area contributed by atoms with E-state index in [1.165, 1.54) is 28.9 Å². The summed E-state index contributed by atoms with van der Waals surface area (Å²) in [6, 6.07) is 3.67. The molecule has 6 aromatic rings. The second-order valence-electron chi connectivity index (χ2n) is 14.9. The van der Waals surface area contributed by atoms with Crippen LogP contribution in [0.4, 0.5) is 54.1 Å². The summed E-state index contributed by atoms with van der Waals surface area (Å²) in [4.78, 5) is 40.2. The van der Waals surface area contributed by atoms with E-state index in [4.69, 9.17) is 24.7 Å². The molecule has 0 atom stereocenters. The highest BCUT2D eigenvalue weighted by Gasteiger charge is 2.32. The number of Topliss-reactive ketones (excluding diaryl/α,β-unsaturated/α-hetero) is 1. The minimum atomic E-state index is -4.60. The van der Waals surface area contributed by atoms with Crippen LogP contribution >= 0.6 is 31.9 Å². The van der Waals surface area contributed by atoms with E-state index >= 15 is 0 Å². The van der Waals surface area contributed by atoms with Gasteiger partial charge in [0, 0.05) is 63.1 Å². The van der Waals surface area contributed by atoms with Crippen LogP contribution in [0.1, 0.15) is 77.2 Å². The first-order valence-electron chi connectivity index (χ1n) is 20.2. The van der Waals surface area contributed by atoms with Crippen molar-refractivity contribution in [2.24, 2.45) is 0 Å². The molecule has 2 N–H and O–H groups in total. The molecule has 6 aromatic heterocycles. The van der Waals surface area contributed by atoms with E-state index in [0.29, 0.717) is 49.6 Å². The van der Waals surface area contributed by atoms with Gasteiger partial charge in [0.2, 0.25) is 11.3 Å². The standard InChI is InChI=1S/C21H19F5N4O3.C13H13BrF3N3O2.C6H5BrF3N3O/c22-18(23)15-3-1-2-14(28-15)17(31)8-13-9-30-10-16(12-4-6-32-7-5-12)29-19(30)20(27-13)33-11-21(24,25)26;14-10-6-20-5-9(8-1-3-21-4-2-8)18-11(20)12(19-10)22-7-13(15,16)17;7-3-1-12-4(11)5(13-3)14-2-6(8,9)10/h1-3,9-10,12,18H,4-8,11H2;5-6,8H,1-4,7H2;1H,2H2,(H2,11,12).